The molecule has 1 aromatic rings. The summed E-state index contributed by atoms with van der Waals surface area (Å²) in [6.07, 6.45) is 10.4. The highest BCUT2D eigenvalue weighted by molar-refractivity contribution is 5.91. The molecule has 4 aliphatic carbocycles. The lowest BCUT2D eigenvalue weighted by molar-refractivity contribution is -0.134. The topological polar surface area (TPSA) is 88.2 Å². The Hall–Kier alpha value is -1.53. The third kappa shape index (κ3) is 2.71. The van der Waals surface area contributed by atoms with E-state index in [0.29, 0.717) is 54.0 Å². The molecule has 1 aromatic heterocycles. The van der Waals surface area contributed by atoms with Gasteiger partial charge in [0.2, 0.25) is 0 Å². The highest BCUT2D eigenvalue weighted by atomic mass is 16.3. The van der Waals surface area contributed by atoms with E-state index in [1.54, 1.807) is 4.68 Å². The number of hydrogen-bond donors (Lipinski definition) is 2. The molecule has 0 aromatic carbocycles. The minimum absolute atomic E-state index is 0.0160. The van der Waals surface area contributed by atoms with Crippen molar-refractivity contribution in [1.82, 2.24) is 15.0 Å². The van der Waals surface area contributed by atoms with Gasteiger partial charge in [0, 0.05) is 11.8 Å². The number of aliphatic hydroxyl groups excluding tert-OH is 1. The Kier molecular flexibility index (Phi) is 4.52. The molecule has 5 rings (SSSR count). The summed E-state index contributed by atoms with van der Waals surface area (Å²) in [5, 5.41) is 29.6. The summed E-state index contributed by atoms with van der Waals surface area (Å²) in [7, 11) is 0. The molecule has 3 saturated carbocycles. The first-order valence-electron chi connectivity index (χ1n) is 11.3. The molecule has 29 heavy (non-hydrogen) atoms. The van der Waals surface area contributed by atoms with Gasteiger partial charge >= 0.3 is 0 Å². The normalized spacial score (nSPS) is 44.1. The van der Waals surface area contributed by atoms with Gasteiger partial charge in [0.1, 0.15) is 11.3 Å². The number of carbonyl (C=O) groups excluding carboxylic acids is 1. The average molecular weight is 400 g/mol. The highest BCUT2D eigenvalue weighted by Gasteiger charge is 2.64. The molecule has 0 amide bonds. The number of allylic oxidation sites excluding steroid dienone is 1. The maximum absolute atomic E-state index is 12.0. The number of carbonyl (C=O) groups is 1. The fourth-order valence-corrected chi connectivity index (χ4v) is 7.73. The van der Waals surface area contributed by atoms with E-state index in [9.17, 15) is 15.0 Å². The molecule has 2 N–H and O–H groups in total. The van der Waals surface area contributed by atoms with Crippen molar-refractivity contribution in [3.05, 3.63) is 23.5 Å². The van der Waals surface area contributed by atoms with E-state index in [1.807, 2.05) is 12.3 Å². The maximum atomic E-state index is 12.0. The quantitative estimate of drug-likeness (QED) is 0.816. The van der Waals surface area contributed by atoms with Gasteiger partial charge in [-0.15, -0.1) is 5.10 Å². The molecule has 6 nitrogen and oxygen atoms in total. The van der Waals surface area contributed by atoms with Crippen LogP contribution in [0.2, 0.25) is 0 Å². The van der Waals surface area contributed by atoms with Crippen LogP contribution < -0.4 is 0 Å². The summed E-state index contributed by atoms with van der Waals surface area (Å²) in [5.74, 6) is 3.14. The number of aromatic nitrogens is 3. The van der Waals surface area contributed by atoms with E-state index in [0.717, 1.165) is 38.5 Å². The fourth-order valence-electron chi connectivity index (χ4n) is 7.73. The van der Waals surface area contributed by atoms with Crippen LogP contribution in [0.15, 0.2) is 17.8 Å². The Bertz CT molecular complexity index is 848. The van der Waals surface area contributed by atoms with Gasteiger partial charge in [-0.2, -0.15) is 0 Å². The van der Waals surface area contributed by atoms with Crippen LogP contribution in [-0.2, 0) is 16.9 Å². The van der Waals surface area contributed by atoms with Crippen molar-refractivity contribution in [1.29, 1.82) is 0 Å². The van der Waals surface area contributed by atoms with E-state index in [2.05, 4.69) is 24.2 Å². The van der Waals surface area contributed by atoms with Crippen molar-refractivity contribution in [2.24, 2.45) is 35.0 Å². The van der Waals surface area contributed by atoms with E-state index in [1.165, 1.54) is 5.57 Å². The molecule has 158 valence electrons. The molecule has 6 heteroatoms. The molecule has 0 radical (unpaired) electrons. The Morgan fingerprint density at radius 1 is 1.28 bits per heavy atom. The molecular weight excluding hydrogens is 366 g/mol. The molecule has 1 heterocycles. The molecule has 4 unspecified atom stereocenters. The fraction of sp³-hybridized carbons (Fsp3) is 0.783. The van der Waals surface area contributed by atoms with Crippen molar-refractivity contribution < 1.29 is 15.0 Å². The molecule has 0 saturated heterocycles. The highest BCUT2D eigenvalue weighted by Crippen LogP contribution is 2.68. The van der Waals surface area contributed by atoms with Crippen LogP contribution in [0.1, 0.15) is 64.5 Å². The van der Waals surface area contributed by atoms with E-state index < -0.39 is 5.60 Å². The third-order valence-electron chi connectivity index (χ3n) is 9.08. The lowest BCUT2D eigenvalue weighted by Gasteiger charge is -2.57. The Balaban J connectivity index is 1.47. The molecule has 4 aliphatic rings. The number of fused-ring (bicyclic) bond motifs is 5. The van der Waals surface area contributed by atoms with Crippen LogP contribution >= 0.6 is 0 Å². The second-order valence-electron chi connectivity index (χ2n) is 10.3. The monoisotopic (exact) mass is 399 g/mol. The van der Waals surface area contributed by atoms with Gasteiger partial charge in [0.05, 0.1) is 19.3 Å². The first-order valence-corrected chi connectivity index (χ1v) is 11.3. The van der Waals surface area contributed by atoms with Gasteiger partial charge in [-0.25, -0.2) is 4.68 Å². The summed E-state index contributed by atoms with van der Waals surface area (Å²) >= 11 is 0. The lowest BCUT2D eigenvalue weighted by Crippen LogP contribution is -2.53. The standard InChI is InChI=1S/C23H33N3O3/c1-14-11-15-12-16(28)3-4-17(15)18-5-7-22(2)19(21(14)18)6-8-23(22,29)20-13-26(9-10-27)25-24-20/h12-14,17-19,21,27,29H,3-11H2,1-2H3/t14-,17?,18?,19?,21?,22+,23-/m1/s1. The Labute approximate surface area is 172 Å². The van der Waals surface area contributed by atoms with Crippen LogP contribution in [0, 0.1) is 35.0 Å². The predicted molar refractivity (Wildman–Crippen MR) is 108 cm³/mol. The molecule has 0 bridgehead atoms. The minimum atomic E-state index is -0.950. The Morgan fingerprint density at radius 2 is 2.10 bits per heavy atom. The molecule has 7 atom stereocenters. The van der Waals surface area contributed by atoms with Gasteiger partial charge in [-0.3, -0.25) is 4.79 Å². The largest absolute Gasteiger partial charge is 0.394 e. The number of aliphatic hydroxyl groups is 2. The van der Waals surface area contributed by atoms with Crippen molar-refractivity contribution in [3.63, 3.8) is 0 Å². The zero-order valence-corrected chi connectivity index (χ0v) is 17.5. The van der Waals surface area contributed by atoms with E-state index in [-0.39, 0.29) is 12.0 Å². The third-order valence-corrected chi connectivity index (χ3v) is 9.08. The first kappa shape index (κ1) is 19.4. The SMILES string of the molecule is C[C@@H]1CC2=CC(=O)CCC2C2CC[C@@]3(C)C(CC[C@@]3(O)c3cn(CCO)nn3)C21. The second-order valence-corrected chi connectivity index (χ2v) is 10.3. The molecule has 0 aliphatic heterocycles. The first-order chi connectivity index (χ1) is 13.9. The van der Waals surface area contributed by atoms with Gasteiger partial charge in [0.15, 0.2) is 5.78 Å². The number of rotatable bonds is 3. The summed E-state index contributed by atoms with van der Waals surface area (Å²) in [5.41, 5.74) is 0.920. The van der Waals surface area contributed by atoms with Gasteiger partial charge in [0.25, 0.3) is 0 Å². The van der Waals surface area contributed by atoms with Gasteiger partial charge in [-0.05, 0) is 74.2 Å². The zero-order chi connectivity index (χ0) is 20.4. The molecule has 0 spiro atoms. The van der Waals surface area contributed by atoms with Crippen molar-refractivity contribution in [2.75, 3.05) is 6.61 Å². The van der Waals surface area contributed by atoms with Crippen LogP contribution in [-0.4, -0.2) is 37.6 Å². The predicted octanol–water partition coefficient (Wildman–Crippen LogP) is 2.85. The lowest BCUT2D eigenvalue weighted by atomic mass is 9.48. The molecule has 3 fully saturated rings. The van der Waals surface area contributed by atoms with Gasteiger partial charge < -0.3 is 10.2 Å². The maximum Gasteiger partial charge on any atom is 0.155 e. The van der Waals surface area contributed by atoms with Crippen LogP contribution in [0.5, 0.6) is 0 Å². The summed E-state index contributed by atoms with van der Waals surface area (Å²) < 4.78 is 1.63. The van der Waals surface area contributed by atoms with Crippen LogP contribution in [0.4, 0.5) is 0 Å². The summed E-state index contributed by atoms with van der Waals surface area (Å²) in [4.78, 5) is 12.0. The van der Waals surface area contributed by atoms with Crippen molar-refractivity contribution >= 4 is 5.78 Å². The minimum Gasteiger partial charge on any atom is -0.394 e. The van der Waals surface area contributed by atoms with Gasteiger partial charge in [-0.1, -0.05) is 24.6 Å². The smallest absolute Gasteiger partial charge is 0.155 e. The number of nitrogens with zero attached hydrogens (tertiary/aromatic N) is 3. The average Bonchev–Trinajstić information content (AvgIpc) is 3.26. The van der Waals surface area contributed by atoms with Crippen molar-refractivity contribution in [3.8, 4) is 0 Å². The van der Waals surface area contributed by atoms with Crippen molar-refractivity contribution in [2.45, 2.75) is 70.9 Å². The second kappa shape index (κ2) is 6.74. The summed E-state index contributed by atoms with van der Waals surface area (Å²) in [6, 6.07) is 0. The Morgan fingerprint density at radius 3 is 2.90 bits per heavy atom. The summed E-state index contributed by atoms with van der Waals surface area (Å²) in [6.45, 7) is 5.05. The van der Waals surface area contributed by atoms with Crippen LogP contribution in [0.25, 0.3) is 0 Å². The van der Waals surface area contributed by atoms with E-state index >= 15 is 0 Å². The van der Waals surface area contributed by atoms with E-state index in [4.69, 9.17) is 0 Å². The number of hydrogen-bond acceptors (Lipinski definition) is 5. The van der Waals surface area contributed by atoms with Crippen LogP contribution in [0.3, 0.4) is 0 Å². The molecular formula is C23H33N3O3. The zero-order valence-electron chi connectivity index (χ0n) is 17.5. The number of ketones is 1.